The second-order valence-corrected chi connectivity index (χ2v) is 7.51. The Balaban J connectivity index is 1.45. The highest BCUT2D eigenvalue weighted by molar-refractivity contribution is 5.07. The van der Waals surface area contributed by atoms with Crippen LogP contribution in [0.15, 0.2) is 4.52 Å². The normalized spacial score (nSPS) is 35.4. The summed E-state index contributed by atoms with van der Waals surface area (Å²) in [6.07, 6.45) is 10.4. The Labute approximate surface area is 126 Å². The smallest absolute Gasteiger partial charge is 0.228 e. The fraction of sp³-hybridized carbons (Fsp3) is 0.875. The number of hydrogen-bond acceptors (Lipinski definition) is 5. The molecule has 2 N–H and O–H groups in total. The van der Waals surface area contributed by atoms with E-state index in [4.69, 9.17) is 10.3 Å². The maximum Gasteiger partial charge on any atom is 0.228 e. The van der Waals surface area contributed by atoms with Gasteiger partial charge in [0.2, 0.25) is 5.89 Å². The summed E-state index contributed by atoms with van der Waals surface area (Å²) in [7, 11) is 2.26. The number of nitrogens with two attached hydrogens (primary N) is 1. The number of hydrogen-bond donors (Lipinski definition) is 1. The fourth-order valence-corrected chi connectivity index (χ4v) is 4.69. The van der Waals surface area contributed by atoms with Gasteiger partial charge in [0, 0.05) is 30.0 Å². The van der Waals surface area contributed by atoms with E-state index in [1.54, 1.807) is 0 Å². The minimum Gasteiger partial charge on any atom is -0.339 e. The van der Waals surface area contributed by atoms with Gasteiger partial charge in [-0.3, -0.25) is 0 Å². The van der Waals surface area contributed by atoms with E-state index < -0.39 is 0 Å². The highest BCUT2D eigenvalue weighted by atomic mass is 16.5. The Morgan fingerprint density at radius 2 is 1.90 bits per heavy atom. The van der Waals surface area contributed by atoms with Crippen LogP contribution in [0.2, 0.25) is 0 Å². The number of nitrogens with zero attached hydrogens (tertiary/aromatic N) is 3. The van der Waals surface area contributed by atoms with E-state index in [0.717, 1.165) is 31.0 Å². The lowest BCUT2D eigenvalue weighted by atomic mass is 9.90. The van der Waals surface area contributed by atoms with Gasteiger partial charge in [-0.05, 0) is 45.6 Å². The average Bonchev–Trinajstić information content (AvgIpc) is 3.11. The third kappa shape index (κ3) is 2.50. The molecule has 3 fully saturated rings. The molecule has 1 saturated carbocycles. The SMILES string of the molecule is CN1C2CCC1CC(c1noc(CC3(N)CCCC3)n1)C2. The Morgan fingerprint density at radius 3 is 2.57 bits per heavy atom. The predicted molar refractivity (Wildman–Crippen MR) is 79.9 cm³/mol. The molecule has 0 spiro atoms. The van der Waals surface area contributed by atoms with E-state index in [1.807, 2.05) is 0 Å². The molecular formula is C16H26N4O. The summed E-state index contributed by atoms with van der Waals surface area (Å²) < 4.78 is 5.51. The third-order valence-corrected chi connectivity index (χ3v) is 6.05. The van der Waals surface area contributed by atoms with Gasteiger partial charge in [-0.25, -0.2) is 0 Å². The number of fused-ring (bicyclic) bond motifs is 2. The second kappa shape index (κ2) is 5.06. The van der Waals surface area contributed by atoms with Gasteiger partial charge in [0.25, 0.3) is 0 Å². The van der Waals surface area contributed by atoms with Crippen molar-refractivity contribution in [2.24, 2.45) is 5.73 Å². The summed E-state index contributed by atoms with van der Waals surface area (Å²) in [4.78, 5) is 7.23. The number of aromatic nitrogens is 2. The summed E-state index contributed by atoms with van der Waals surface area (Å²) in [5, 5.41) is 4.27. The summed E-state index contributed by atoms with van der Waals surface area (Å²) in [5.41, 5.74) is 6.32. The number of rotatable bonds is 3. The molecule has 1 aliphatic carbocycles. The van der Waals surface area contributed by atoms with Crippen molar-refractivity contribution < 1.29 is 4.52 Å². The van der Waals surface area contributed by atoms with Gasteiger partial charge in [0.1, 0.15) is 0 Å². The number of piperidine rings is 1. The quantitative estimate of drug-likeness (QED) is 0.924. The predicted octanol–water partition coefficient (Wildman–Crippen LogP) is 2.22. The van der Waals surface area contributed by atoms with Gasteiger partial charge in [0.15, 0.2) is 5.82 Å². The van der Waals surface area contributed by atoms with Crippen molar-refractivity contribution in [2.45, 2.75) is 81.3 Å². The van der Waals surface area contributed by atoms with Gasteiger partial charge in [-0.2, -0.15) is 4.98 Å². The maximum atomic E-state index is 6.42. The topological polar surface area (TPSA) is 68.2 Å². The van der Waals surface area contributed by atoms with Gasteiger partial charge in [0.05, 0.1) is 0 Å². The van der Waals surface area contributed by atoms with E-state index in [9.17, 15) is 0 Å². The Bertz CT molecular complexity index is 494. The van der Waals surface area contributed by atoms with Crippen molar-refractivity contribution in [1.82, 2.24) is 15.0 Å². The molecular weight excluding hydrogens is 264 g/mol. The minimum absolute atomic E-state index is 0.102. The standard InChI is InChI=1S/C16H26N4O/c1-20-12-4-5-13(20)9-11(8-12)15-18-14(21-19-15)10-16(17)6-2-3-7-16/h11-13H,2-10,17H2,1H3. The van der Waals surface area contributed by atoms with Crippen LogP contribution in [0, 0.1) is 0 Å². The van der Waals surface area contributed by atoms with Crippen LogP contribution in [0.3, 0.4) is 0 Å². The molecule has 5 heteroatoms. The maximum absolute atomic E-state index is 6.42. The molecule has 3 aliphatic rings. The molecule has 2 aliphatic heterocycles. The molecule has 2 saturated heterocycles. The molecule has 1 aromatic heterocycles. The summed E-state index contributed by atoms with van der Waals surface area (Å²) in [6, 6.07) is 1.43. The van der Waals surface area contributed by atoms with E-state index in [1.165, 1.54) is 38.5 Å². The van der Waals surface area contributed by atoms with Crippen LogP contribution in [0.5, 0.6) is 0 Å². The lowest BCUT2D eigenvalue weighted by Gasteiger charge is -2.34. The molecule has 21 heavy (non-hydrogen) atoms. The van der Waals surface area contributed by atoms with E-state index >= 15 is 0 Å². The molecule has 2 unspecified atom stereocenters. The first-order valence-electron chi connectivity index (χ1n) is 8.46. The molecule has 1 aromatic rings. The van der Waals surface area contributed by atoms with Gasteiger partial charge in [-0.15, -0.1) is 0 Å². The summed E-state index contributed by atoms with van der Waals surface area (Å²) >= 11 is 0. The van der Waals surface area contributed by atoms with Gasteiger partial charge in [-0.1, -0.05) is 18.0 Å². The minimum atomic E-state index is -0.102. The average molecular weight is 290 g/mol. The highest BCUT2D eigenvalue weighted by Gasteiger charge is 2.40. The Hall–Kier alpha value is -0.940. The van der Waals surface area contributed by atoms with Crippen LogP contribution < -0.4 is 5.73 Å². The molecule has 3 heterocycles. The van der Waals surface area contributed by atoms with Crippen molar-refractivity contribution >= 4 is 0 Å². The molecule has 4 rings (SSSR count). The van der Waals surface area contributed by atoms with Crippen molar-refractivity contribution in [1.29, 1.82) is 0 Å². The zero-order chi connectivity index (χ0) is 14.4. The molecule has 0 aromatic carbocycles. The van der Waals surface area contributed by atoms with Crippen LogP contribution in [-0.2, 0) is 6.42 Å². The van der Waals surface area contributed by atoms with E-state index in [2.05, 4.69) is 22.1 Å². The first-order chi connectivity index (χ1) is 10.1. The zero-order valence-electron chi connectivity index (χ0n) is 12.9. The second-order valence-electron chi connectivity index (χ2n) is 7.51. The molecule has 116 valence electrons. The summed E-state index contributed by atoms with van der Waals surface area (Å²) in [5.74, 6) is 2.16. The van der Waals surface area contributed by atoms with Crippen LogP contribution in [0.4, 0.5) is 0 Å². The molecule has 2 atom stereocenters. The largest absolute Gasteiger partial charge is 0.339 e. The first-order valence-corrected chi connectivity index (χ1v) is 8.46. The van der Waals surface area contributed by atoms with Crippen LogP contribution in [0.25, 0.3) is 0 Å². The third-order valence-electron chi connectivity index (χ3n) is 6.05. The van der Waals surface area contributed by atoms with Crippen molar-refractivity contribution in [3.63, 3.8) is 0 Å². The Morgan fingerprint density at radius 1 is 1.24 bits per heavy atom. The fourth-order valence-electron chi connectivity index (χ4n) is 4.69. The first kappa shape index (κ1) is 13.7. The Kier molecular flexibility index (Phi) is 3.30. The van der Waals surface area contributed by atoms with Gasteiger partial charge < -0.3 is 15.2 Å². The van der Waals surface area contributed by atoms with Crippen molar-refractivity contribution in [3.8, 4) is 0 Å². The molecule has 0 radical (unpaired) electrons. The molecule has 5 nitrogen and oxygen atoms in total. The molecule has 2 bridgehead atoms. The zero-order valence-corrected chi connectivity index (χ0v) is 12.9. The van der Waals surface area contributed by atoms with Crippen LogP contribution in [-0.4, -0.2) is 39.7 Å². The van der Waals surface area contributed by atoms with E-state index in [0.29, 0.717) is 18.0 Å². The van der Waals surface area contributed by atoms with Crippen molar-refractivity contribution in [2.75, 3.05) is 7.05 Å². The van der Waals surface area contributed by atoms with Crippen molar-refractivity contribution in [3.05, 3.63) is 11.7 Å². The highest BCUT2D eigenvalue weighted by Crippen LogP contribution is 2.41. The molecule has 0 amide bonds. The van der Waals surface area contributed by atoms with Crippen LogP contribution in [0.1, 0.15) is 69.0 Å². The lowest BCUT2D eigenvalue weighted by molar-refractivity contribution is 0.157. The van der Waals surface area contributed by atoms with Crippen LogP contribution >= 0.6 is 0 Å². The monoisotopic (exact) mass is 290 g/mol. The van der Waals surface area contributed by atoms with Gasteiger partial charge >= 0.3 is 0 Å². The lowest BCUT2D eigenvalue weighted by Crippen LogP contribution is -2.39. The van der Waals surface area contributed by atoms with E-state index in [-0.39, 0.29) is 5.54 Å². The summed E-state index contributed by atoms with van der Waals surface area (Å²) in [6.45, 7) is 0.